The highest BCUT2D eigenvalue weighted by molar-refractivity contribution is 9.10. The summed E-state index contributed by atoms with van der Waals surface area (Å²) in [5.74, 6) is 0.0684. The largest absolute Gasteiger partial charge is 0.346 e. The molecule has 3 nitrogen and oxygen atoms in total. The Balaban J connectivity index is 1.66. The molecular formula is C19H28BrN2O+. The second-order valence-electron chi connectivity index (χ2n) is 7.19. The summed E-state index contributed by atoms with van der Waals surface area (Å²) >= 11 is 3.42. The van der Waals surface area contributed by atoms with E-state index in [1.54, 1.807) is 4.90 Å². The number of hydrogen-bond donors (Lipinski definition) is 2. The van der Waals surface area contributed by atoms with Crippen LogP contribution in [0.25, 0.3) is 0 Å². The van der Waals surface area contributed by atoms with Crippen LogP contribution in [0.2, 0.25) is 0 Å². The molecule has 2 aliphatic rings. The van der Waals surface area contributed by atoms with Crippen molar-refractivity contribution in [2.75, 3.05) is 19.6 Å². The van der Waals surface area contributed by atoms with Gasteiger partial charge in [-0.3, -0.25) is 4.79 Å². The molecule has 0 unspecified atom stereocenters. The lowest BCUT2D eigenvalue weighted by Crippen LogP contribution is -3.22. The molecule has 0 radical (unpaired) electrons. The maximum atomic E-state index is 12.5. The highest BCUT2D eigenvalue weighted by atomic mass is 79.9. The zero-order chi connectivity index (χ0) is 16.1. The Bertz CT molecular complexity index is 517. The maximum Gasteiger partial charge on any atom is 0.251 e. The molecule has 1 aromatic carbocycles. The van der Waals surface area contributed by atoms with E-state index in [4.69, 9.17) is 0 Å². The predicted octanol–water partition coefficient (Wildman–Crippen LogP) is 2.95. The van der Waals surface area contributed by atoms with E-state index in [0.717, 1.165) is 16.6 Å². The predicted molar refractivity (Wildman–Crippen MR) is 96.8 cm³/mol. The third kappa shape index (κ3) is 4.16. The monoisotopic (exact) mass is 379 g/mol. The third-order valence-electron chi connectivity index (χ3n) is 5.71. The number of halogens is 1. The van der Waals surface area contributed by atoms with Crippen molar-refractivity contribution < 1.29 is 9.69 Å². The molecular weight excluding hydrogens is 352 g/mol. The summed E-state index contributed by atoms with van der Waals surface area (Å²) in [6.07, 6.45) is 10.6. The van der Waals surface area contributed by atoms with Crippen molar-refractivity contribution in [3.8, 4) is 0 Å². The van der Waals surface area contributed by atoms with Gasteiger partial charge in [0.2, 0.25) is 0 Å². The number of amides is 1. The molecule has 0 bridgehead atoms. The number of benzene rings is 1. The van der Waals surface area contributed by atoms with Crippen molar-refractivity contribution in [3.05, 3.63) is 34.3 Å². The Morgan fingerprint density at radius 1 is 1.00 bits per heavy atom. The van der Waals surface area contributed by atoms with Crippen LogP contribution in [0.15, 0.2) is 28.7 Å². The number of nitrogens with one attached hydrogen (secondary N) is 2. The van der Waals surface area contributed by atoms with E-state index in [1.807, 2.05) is 24.3 Å². The Morgan fingerprint density at radius 3 is 2.26 bits per heavy atom. The normalized spacial score (nSPS) is 21.8. The van der Waals surface area contributed by atoms with Crippen LogP contribution < -0.4 is 10.2 Å². The topological polar surface area (TPSA) is 33.5 Å². The molecule has 1 aromatic rings. The highest BCUT2D eigenvalue weighted by Gasteiger charge is 2.42. The van der Waals surface area contributed by atoms with E-state index < -0.39 is 0 Å². The van der Waals surface area contributed by atoms with Gasteiger partial charge in [-0.2, -0.15) is 0 Å². The summed E-state index contributed by atoms with van der Waals surface area (Å²) in [5, 5.41) is 3.25. The minimum atomic E-state index is 0.0684. The number of likely N-dealkylation sites (tertiary alicyclic amines) is 1. The highest BCUT2D eigenvalue weighted by Crippen LogP contribution is 2.26. The molecule has 2 fully saturated rings. The van der Waals surface area contributed by atoms with Crippen LogP contribution in [-0.4, -0.2) is 31.1 Å². The van der Waals surface area contributed by atoms with E-state index in [-0.39, 0.29) is 11.4 Å². The lowest BCUT2D eigenvalue weighted by Gasteiger charge is -2.45. The zero-order valence-electron chi connectivity index (χ0n) is 13.9. The molecule has 3 rings (SSSR count). The van der Waals surface area contributed by atoms with Gasteiger partial charge in [0, 0.05) is 22.9 Å². The summed E-state index contributed by atoms with van der Waals surface area (Å²) in [6, 6.07) is 7.64. The van der Waals surface area contributed by atoms with Gasteiger partial charge in [-0.15, -0.1) is 0 Å². The second-order valence-corrected chi connectivity index (χ2v) is 8.11. The summed E-state index contributed by atoms with van der Waals surface area (Å²) in [7, 11) is 0. The van der Waals surface area contributed by atoms with Crippen LogP contribution in [0, 0.1) is 0 Å². The first kappa shape index (κ1) is 17.0. The van der Waals surface area contributed by atoms with E-state index in [0.29, 0.717) is 0 Å². The molecule has 2 N–H and O–H groups in total. The van der Waals surface area contributed by atoms with Gasteiger partial charge >= 0.3 is 0 Å². The van der Waals surface area contributed by atoms with Crippen LogP contribution in [0.1, 0.15) is 61.7 Å². The fourth-order valence-electron chi connectivity index (χ4n) is 4.35. The standard InChI is InChI=1S/C19H27BrN2O/c20-17-9-7-16(8-10-17)18(23)21-15-19(11-3-1-4-12-19)22-13-5-2-6-14-22/h7-10H,1-6,11-15H2,(H,21,23)/p+1. The van der Waals surface area contributed by atoms with Crippen LogP contribution in [0.4, 0.5) is 0 Å². The summed E-state index contributed by atoms with van der Waals surface area (Å²) in [6.45, 7) is 3.40. The molecule has 1 aliphatic heterocycles. The van der Waals surface area contributed by atoms with E-state index in [1.165, 1.54) is 64.5 Å². The number of quaternary nitrogens is 1. The van der Waals surface area contributed by atoms with Gasteiger partial charge in [0.05, 0.1) is 19.6 Å². The Kier molecular flexibility index (Phi) is 5.76. The summed E-state index contributed by atoms with van der Waals surface area (Å²) in [4.78, 5) is 14.2. The molecule has 1 aliphatic carbocycles. The first-order chi connectivity index (χ1) is 11.2. The molecule has 1 heterocycles. The van der Waals surface area contributed by atoms with Gasteiger partial charge in [-0.25, -0.2) is 0 Å². The van der Waals surface area contributed by atoms with E-state index in [2.05, 4.69) is 21.2 Å². The van der Waals surface area contributed by atoms with Crippen molar-refractivity contribution in [2.45, 2.75) is 56.9 Å². The van der Waals surface area contributed by atoms with Gasteiger partial charge < -0.3 is 10.2 Å². The molecule has 1 saturated heterocycles. The number of hydrogen-bond acceptors (Lipinski definition) is 1. The lowest BCUT2D eigenvalue weighted by molar-refractivity contribution is -0.957. The van der Waals surface area contributed by atoms with Crippen molar-refractivity contribution >= 4 is 21.8 Å². The number of carbonyl (C=O) groups is 1. The average Bonchev–Trinajstić information content (AvgIpc) is 2.62. The molecule has 0 aromatic heterocycles. The van der Waals surface area contributed by atoms with E-state index >= 15 is 0 Å². The molecule has 4 heteroatoms. The smallest absolute Gasteiger partial charge is 0.251 e. The van der Waals surface area contributed by atoms with Gasteiger partial charge in [0.15, 0.2) is 0 Å². The molecule has 23 heavy (non-hydrogen) atoms. The molecule has 1 amide bonds. The third-order valence-corrected chi connectivity index (χ3v) is 6.24. The Morgan fingerprint density at radius 2 is 1.61 bits per heavy atom. The minimum absolute atomic E-state index is 0.0684. The molecule has 0 spiro atoms. The second kappa shape index (κ2) is 7.80. The van der Waals surface area contributed by atoms with Crippen molar-refractivity contribution in [3.63, 3.8) is 0 Å². The number of rotatable bonds is 4. The van der Waals surface area contributed by atoms with E-state index in [9.17, 15) is 4.79 Å². The summed E-state index contributed by atoms with van der Waals surface area (Å²) < 4.78 is 1.01. The van der Waals surface area contributed by atoms with Gasteiger partial charge in [0.1, 0.15) is 5.54 Å². The van der Waals surface area contributed by atoms with Crippen LogP contribution in [-0.2, 0) is 0 Å². The average molecular weight is 380 g/mol. The Labute approximate surface area is 148 Å². The molecule has 126 valence electrons. The fourth-order valence-corrected chi connectivity index (χ4v) is 4.61. The SMILES string of the molecule is O=C(NCC1([NH+]2CCCCC2)CCCCC1)c1ccc(Br)cc1. The van der Waals surface area contributed by atoms with Gasteiger partial charge in [0.25, 0.3) is 5.91 Å². The van der Waals surface area contributed by atoms with Crippen molar-refractivity contribution in [1.82, 2.24) is 5.32 Å². The van der Waals surface area contributed by atoms with Gasteiger partial charge in [-0.1, -0.05) is 22.4 Å². The zero-order valence-corrected chi connectivity index (χ0v) is 15.5. The number of piperidine rings is 1. The number of carbonyl (C=O) groups excluding carboxylic acids is 1. The van der Waals surface area contributed by atoms with Crippen LogP contribution in [0.3, 0.4) is 0 Å². The van der Waals surface area contributed by atoms with Crippen molar-refractivity contribution in [2.24, 2.45) is 0 Å². The fraction of sp³-hybridized carbons (Fsp3) is 0.632. The maximum absolute atomic E-state index is 12.5. The summed E-state index contributed by atoms with van der Waals surface area (Å²) in [5.41, 5.74) is 1.04. The first-order valence-corrected chi connectivity index (χ1v) is 9.88. The van der Waals surface area contributed by atoms with Crippen LogP contribution in [0.5, 0.6) is 0 Å². The van der Waals surface area contributed by atoms with Crippen LogP contribution >= 0.6 is 15.9 Å². The van der Waals surface area contributed by atoms with Crippen molar-refractivity contribution in [1.29, 1.82) is 0 Å². The first-order valence-electron chi connectivity index (χ1n) is 9.09. The molecule has 1 saturated carbocycles. The Hall–Kier alpha value is -0.870. The van der Waals surface area contributed by atoms with Gasteiger partial charge in [-0.05, 0) is 56.4 Å². The minimum Gasteiger partial charge on any atom is -0.346 e. The quantitative estimate of drug-likeness (QED) is 0.828. The lowest BCUT2D eigenvalue weighted by atomic mass is 9.79. The molecule has 0 atom stereocenters.